The second kappa shape index (κ2) is 6.85. The molecule has 0 radical (unpaired) electrons. The molecule has 4 heteroatoms. The minimum Gasteiger partial charge on any atom is -0.496 e. The lowest BCUT2D eigenvalue weighted by molar-refractivity contribution is 0.391. The average Bonchev–Trinajstić information content (AvgIpc) is 2.33. The third-order valence-corrected chi connectivity index (χ3v) is 5.58. The molecule has 92 valence electrons. The largest absolute Gasteiger partial charge is 0.496 e. The summed E-state index contributed by atoms with van der Waals surface area (Å²) in [5.41, 5.74) is 4.91. The summed E-state index contributed by atoms with van der Waals surface area (Å²) < 4.78 is 12.3. The smallest absolute Gasteiger partial charge is 0.468 e. The van der Waals surface area contributed by atoms with E-state index in [2.05, 4.69) is 33.7 Å². The van der Waals surface area contributed by atoms with Crippen LogP contribution >= 0.6 is 12.9 Å². The van der Waals surface area contributed by atoms with Crippen LogP contribution in [0.3, 0.4) is 0 Å². The van der Waals surface area contributed by atoms with Crippen LogP contribution in [0, 0.1) is 20.8 Å². The van der Waals surface area contributed by atoms with Crippen molar-refractivity contribution in [2.45, 2.75) is 31.7 Å². The Morgan fingerprint density at radius 1 is 0.941 bits per heavy atom. The molecule has 0 bridgehead atoms. The lowest BCUT2D eigenvalue weighted by Gasteiger charge is -2.20. The second-order valence-corrected chi connectivity index (χ2v) is 7.68. The van der Waals surface area contributed by atoms with Crippen LogP contribution in [0.1, 0.15) is 22.3 Å². The molecule has 0 spiro atoms. The van der Waals surface area contributed by atoms with Crippen LogP contribution < -0.4 is 9.47 Å². The fourth-order valence-corrected chi connectivity index (χ4v) is 3.61. The van der Waals surface area contributed by atoms with E-state index in [1.54, 1.807) is 14.2 Å². The first kappa shape index (κ1) is 15.1. The van der Waals surface area contributed by atoms with Gasteiger partial charge >= 0.3 is 18.2 Å². The maximum Gasteiger partial charge on any atom is 0.468 e. The Balaban J connectivity index is 3.38. The molecule has 17 heavy (non-hydrogen) atoms. The van der Waals surface area contributed by atoms with E-state index in [0.29, 0.717) is 0 Å². The second-order valence-electron chi connectivity index (χ2n) is 4.21. The molecule has 0 atom stereocenters. The van der Waals surface area contributed by atoms with Crippen molar-refractivity contribution >= 4 is 31.1 Å². The van der Waals surface area contributed by atoms with Crippen molar-refractivity contribution in [2.24, 2.45) is 0 Å². The first-order valence-electron chi connectivity index (χ1n) is 5.85. The van der Waals surface area contributed by atoms with Crippen LogP contribution in [0.4, 0.5) is 0 Å². The highest BCUT2D eigenvalue weighted by atomic mass is 79.9. The van der Waals surface area contributed by atoms with Crippen molar-refractivity contribution in [1.82, 2.24) is 0 Å². The minimum atomic E-state index is -0.0939. The third kappa shape index (κ3) is 3.09. The Hall–Kier alpha value is 0.0662. The molecule has 0 aliphatic carbocycles. The van der Waals surface area contributed by atoms with E-state index in [9.17, 15) is 0 Å². The number of methoxy groups -OCH3 is 2. The number of ether oxygens (including phenoxy) is 2. The van der Waals surface area contributed by atoms with Crippen molar-refractivity contribution < 1.29 is 9.47 Å². The number of rotatable bonds is 5. The van der Waals surface area contributed by atoms with Gasteiger partial charge in [0.2, 0.25) is 0 Å². The van der Waals surface area contributed by atoms with Crippen molar-refractivity contribution in [3.63, 3.8) is 0 Å². The Morgan fingerprint density at radius 3 is 1.94 bits per heavy atom. The van der Waals surface area contributed by atoms with Gasteiger partial charge in [0.15, 0.2) is 0 Å². The van der Waals surface area contributed by atoms with E-state index in [1.807, 2.05) is 0 Å². The first-order chi connectivity index (χ1) is 8.08. The fraction of sp³-hybridized carbons (Fsp3) is 0.538. The zero-order valence-electron chi connectivity index (χ0n) is 11.3. The molecule has 0 unspecified atom stereocenters. The predicted molar refractivity (Wildman–Crippen MR) is 76.9 cm³/mol. The lowest BCUT2D eigenvalue weighted by atomic mass is 9.96. The molecule has 0 amide bonds. The minimum absolute atomic E-state index is 0.0939. The molecular weight excluding hydrogens is 292 g/mol. The van der Waals surface area contributed by atoms with Gasteiger partial charge in [0.1, 0.15) is 11.5 Å². The molecular formula is C13H19BrMgO2. The average molecular weight is 312 g/mol. The predicted octanol–water partition coefficient (Wildman–Crippen LogP) is 3.60. The van der Waals surface area contributed by atoms with E-state index in [0.717, 1.165) is 17.9 Å². The molecule has 0 N–H and O–H groups in total. The van der Waals surface area contributed by atoms with Gasteiger partial charge in [0.25, 0.3) is 0 Å². The summed E-state index contributed by atoms with van der Waals surface area (Å²) >= 11 is 3.52. The van der Waals surface area contributed by atoms with Crippen LogP contribution in [0.5, 0.6) is 11.5 Å². The fourth-order valence-electron chi connectivity index (χ4n) is 2.28. The monoisotopic (exact) mass is 310 g/mol. The summed E-state index contributed by atoms with van der Waals surface area (Å²) in [7, 11) is 3.49. The number of halogens is 1. The zero-order chi connectivity index (χ0) is 13.0. The van der Waals surface area contributed by atoms with Gasteiger partial charge in [-0.1, -0.05) is 0 Å². The molecule has 0 aromatic heterocycles. The summed E-state index contributed by atoms with van der Waals surface area (Å²) in [4.78, 5) is 0. The van der Waals surface area contributed by atoms with Gasteiger partial charge in [-0.25, -0.2) is 0 Å². The Bertz CT molecular complexity index is 405. The van der Waals surface area contributed by atoms with Crippen LogP contribution in [0.25, 0.3) is 0 Å². The molecule has 1 aromatic rings. The molecule has 2 nitrogen and oxygen atoms in total. The van der Waals surface area contributed by atoms with E-state index < -0.39 is 0 Å². The molecule has 0 saturated carbocycles. The topological polar surface area (TPSA) is 18.5 Å². The number of benzene rings is 1. The van der Waals surface area contributed by atoms with Crippen molar-refractivity contribution in [3.8, 4) is 11.5 Å². The Labute approximate surface area is 120 Å². The highest BCUT2D eigenvalue weighted by Crippen LogP contribution is 2.38. The highest BCUT2D eigenvalue weighted by Gasteiger charge is 2.18. The maximum atomic E-state index is 5.58. The first-order valence-corrected chi connectivity index (χ1v) is 10.7. The normalized spacial score (nSPS) is 10.0. The number of hydrogen-bond donors (Lipinski definition) is 0. The van der Waals surface area contributed by atoms with Crippen LogP contribution in [-0.4, -0.2) is 32.4 Å². The maximum absolute atomic E-state index is 5.58. The van der Waals surface area contributed by atoms with Gasteiger partial charge in [-0.15, -0.1) is 4.55 Å². The summed E-state index contributed by atoms with van der Waals surface area (Å²) in [5.74, 6) is 2.05. The summed E-state index contributed by atoms with van der Waals surface area (Å²) in [6, 6.07) is 0. The van der Waals surface area contributed by atoms with Gasteiger partial charge in [-0.2, -0.15) is 0 Å². The molecule has 0 saturated heterocycles. The molecule has 0 aliphatic heterocycles. The van der Waals surface area contributed by atoms with Crippen LogP contribution in [0.2, 0.25) is 4.55 Å². The van der Waals surface area contributed by atoms with E-state index in [1.165, 1.54) is 26.8 Å². The Kier molecular flexibility index (Phi) is 6.10. The van der Waals surface area contributed by atoms with Gasteiger partial charge in [-0.3, -0.25) is 0 Å². The number of hydrogen-bond acceptors (Lipinski definition) is 2. The lowest BCUT2D eigenvalue weighted by Crippen LogP contribution is -2.04. The highest BCUT2D eigenvalue weighted by molar-refractivity contribution is 9.23. The molecule has 0 heterocycles. The summed E-state index contributed by atoms with van der Waals surface area (Å²) in [6.45, 7) is 6.32. The van der Waals surface area contributed by atoms with E-state index in [-0.39, 0.29) is 18.2 Å². The van der Waals surface area contributed by atoms with E-state index in [4.69, 9.17) is 9.47 Å². The summed E-state index contributed by atoms with van der Waals surface area (Å²) in [6.07, 6.45) is 1.07. The standard InChI is InChI=1S/C13H19O2.BrH.Mg/c1-7-11-10(4)12(14-5)8(2)9(3)13(11)15-6;;/h1,7H2,2-6H3;1H;/q;;+1/p-1. The molecule has 0 fully saturated rings. The van der Waals surface area contributed by atoms with Gasteiger partial charge in [-0.05, 0) is 49.4 Å². The van der Waals surface area contributed by atoms with Crippen molar-refractivity contribution in [1.29, 1.82) is 0 Å². The Morgan fingerprint density at radius 2 is 1.47 bits per heavy atom. The SMILES string of the molecule is COc1c(C)c(C)c(OC)c(C[CH2][Mg][Br])c1C. The molecule has 0 aliphatic rings. The quantitative estimate of drug-likeness (QED) is 0.774. The van der Waals surface area contributed by atoms with Gasteiger partial charge < -0.3 is 22.4 Å². The van der Waals surface area contributed by atoms with Gasteiger partial charge in [0.05, 0.1) is 14.2 Å². The van der Waals surface area contributed by atoms with Crippen LogP contribution in [0.15, 0.2) is 0 Å². The van der Waals surface area contributed by atoms with Crippen molar-refractivity contribution in [3.05, 3.63) is 22.3 Å². The van der Waals surface area contributed by atoms with Crippen LogP contribution in [-0.2, 0) is 6.42 Å². The third-order valence-electron chi connectivity index (χ3n) is 3.28. The molecule has 1 aromatic carbocycles. The summed E-state index contributed by atoms with van der Waals surface area (Å²) in [5, 5.41) is 0. The van der Waals surface area contributed by atoms with Gasteiger partial charge in [0, 0.05) is 0 Å². The molecule has 1 rings (SSSR count). The van der Waals surface area contributed by atoms with E-state index >= 15 is 0 Å². The zero-order valence-corrected chi connectivity index (χ0v) is 14.3. The van der Waals surface area contributed by atoms with Crippen molar-refractivity contribution in [2.75, 3.05) is 14.2 Å².